The van der Waals surface area contributed by atoms with Gasteiger partial charge in [-0.15, -0.1) is 0 Å². The van der Waals surface area contributed by atoms with E-state index >= 15 is 0 Å². The summed E-state index contributed by atoms with van der Waals surface area (Å²) < 4.78 is 3.44. The van der Waals surface area contributed by atoms with Gasteiger partial charge in [-0.2, -0.15) is 10.2 Å². The largest absolute Gasteiger partial charge is 0.465 e. The zero-order chi connectivity index (χ0) is 24.2. The van der Waals surface area contributed by atoms with Gasteiger partial charge in [0.05, 0.1) is 17.6 Å². The minimum atomic E-state index is -0.990. The lowest BCUT2D eigenvalue weighted by atomic mass is 10.0. The molecule has 2 aromatic heterocycles. The van der Waals surface area contributed by atoms with Crippen molar-refractivity contribution < 1.29 is 9.90 Å². The summed E-state index contributed by atoms with van der Waals surface area (Å²) in [7, 11) is 1.87. The molecule has 0 saturated carbocycles. The molecule has 0 saturated heterocycles. The van der Waals surface area contributed by atoms with Crippen LogP contribution in [0.4, 0.5) is 10.5 Å². The third-order valence-corrected chi connectivity index (χ3v) is 5.77. The third-order valence-electron chi connectivity index (χ3n) is 5.77. The first-order valence-electron chi connectivity index (χ1n) is 11.1. The molecule has 4 aromatic rings. The van der Waals surface area contributed by atoms with Crippen LogP contribution < -0.4 is 10.3 Å². The average Bonchev–Trinajstić information content (AvgIpc) is 3.27. The fourth-order valence-electron chi connectivity index (χ4n) is 3.99. The number of benzene rings is 2. The Bertz CT molecular complexity index is 1390. The van der Waals surface area contributed by atoms with Gasteiger partial charge in [0.15, 0.2) is 0 Å². The zero-order valence-electron chi connectivity index (χ0n) is 19.5. The highest BCUT2D eigenvalue weighted by Gasteiger charge is 2.18. The maximum Gasteiger partial charge on any atom is 0.411 e. The van der Waals surface area contributed by atoms with Gasteiger partial charge in [-0.25, -0.2) is 9.48 Å². The van der Waals surface area contributed by atoms with Crippen molar-refractivity contribution in [2.24, 2.45) is 7.05 Å². The summed E-state index contributed by atoms with van der Waals surface area (Å²) in [6.45, 7) is 4.23. The number of aromatic nitrogens is 4. The smallest absolute Gasteiger partial charge is 0.411 e. The van der Waals surface area contributed by atoms with E-state index in [4.69, 9.17) is 0 Å². The quantitative estimate of drug-likeness (QED) is 0.443. The molecule has 0 spiro atoms. The summed E-state index contributed by atoms with van der Waals surface area (Å²) in [4.78, 5) is 25.7. The number of carbonyl (C=O) groups is 1. The maximum atomic E-state index is 12.6. The molecule has 0 aliphatic rings. The molecule has 34 heavy (non-hydrogen) atoms. The van der Waals surface area contributed by atoms with Gasteiger partial charge in [0.1, 0.15) is 5.69 Å². The van der Waals surface area contributed by atoms with Crippen molar-refractivity contribution in [3.63, 3.8) is 0 Å². The highest BCUT2D eigenvalue weighted by atomic mass is 16.4. The SMILES string of the molecule is CCCN(C(=O)O)c1cccc(Cc2nn(-c3cccc(-c4cnn(C)c4)c3)ccc2=O)c1C. The van der Waals surface area contributed by atoms with Gasteiger partial charge in [-0.1, -0.05) is 31.2 Å². The Morgan fingerprint density at radius 1 is 1.12 bits per heavy atom. The van der Waals surface area contributed by atoms with E-state index in [1.807, 2.05) is 63.5 Å². The van der Waals surface area contributed by atoms with Crippen LogP contribution >= 0.6 is 0 Å². The second kappa shape index (κ2) is 9.74. The molecule has 2 aromatic carbocycles. The lowest BCUT2D eigenvalue weighted by molar-refractivity contribution is 0.201. The Hall–Kier alpha value is -4.20. The van der Waals surface area contributed by atoms with Crippen LogP contribution in [0.1, 0.15) is 30.2 Å². The van der Waals surface area contributed by atoms with Crippen LogP contribution in [0.5, 0.6) is 0 Å². The first-order chi connectivity index (χ1) is 16.4. The predicted octanol–water partition coefficient (Wildman–Crippen LogP) is 4.43. The zero-order valence-corrected chi connectivity index (χ0v) is 19.5. The molecule has 0 unspecified atom stereocenters. The van der Waals surface area contributed by atoms with E-state index in [0.29, 0.717) is 30.8 Å². The molecule has 1 amide bonds. The summed E-state index contributed by atoms with van der Waals surface area (Å²) in [6.07, 6.45) is 5.43. The number of hydrogen-bond donors (Lipinski definition) is 1. The molecular weight excluding hydrogens is 430 g/mol. The maximum absolute atomic E-state index is 12.6. The fourth-order valence-corrected chi connectivity index (χ4v) is 3.99. The molecule has 2 heterocycles. The van der Waals surface area contributed by atoms with Crippen LogP contribution in [0, 0.1) is 6.92 Å². The molecule has 0 radical (unpaired) electrons. The second-order valence-electron chi connectivity index (χ2n) is 8.20. The number of nitrogens with zero attached hydrogens (tertiary/aromatic N) is 5. The number of aryl methyl sites for hydroxylation is 1. The van der Waals surface area contributed by atoms with Gasteiger partial charge in [0, 0.05) is 44.0 Å². The molecule has 8 heteroatoms. The molecule has 4 rings (SSSR count). The molecule has 1 N–H and O–H groups in total. The Kier molecular flexibility index (Phi) is 6.58. The van der Waals surface area contributed by atoms with E-state index in [9.17, 15) is 14.7 Å². The highest BCUT2D eigenvalue weighted by Crippen LogP contribution is 2.25. The van der Waals surface area contributed by atoms with E-state index in [-0.39, 0.29) is 5.43 Å². The first-order valence-corrected chi connectivity index (χ1v) is 11.1. The topological polar surface area (TPSA) is 93.2 Å². The summed E-state index contributed by atoms with van der Waals surface area (Å²) in [5.41, 5.74) is 5.38. The molecule has 0 bridgehead atoms. The molecule has 0 fully saturated rings. The van der Waals surface area contributed by atoms with Gasteiger partial charge in [0.2, 0.25) is 5.43 Å². The number of rotatable bonds is 7. The van der Waals surface area contributed by atoms with E-state index < -0.39 is 6.09 Å². The summed E-state index contributed by atoms with van der Waals surface area (Å²) in [5, 5.41) is 18.5. The number of amides is 1. The second-order valence-corrected chi connectivity index (χ2v) is 8.20. The molecule has 0 aliphatic carbocycles. The van der Waals surface area contributed by atoms with Crippen molar-refractivity contribution >= 4 is 11.8 Å². The van der Waals surface area contributed by atoms with Gasteiger partial charge >= 0.3 is 6.09 Å². The van der Waals surface area contributed by atoms with Crippen LogP contribution in [-0.2, 0) is 13.5 Å². The molecule has 0 atom stereocenters. The van der Waals surface area contributed by atoms with Crippen LogP contribution in [0.15, 0.2) is 71.9 Å². The lowest BCUT2D eigenvalue weighted by Gasteiger charge is -2.22. The van der Waals surface area contributed by atoms with E-state index in [0.717, 1.165) is 27.9 Å². The fraction of sp³-hybridized carbons (Fsp3) is 0.231. The molecular formula is C26H27N5O3. The number of hydrogen-bond acceptors (Lipinski definition) is 4. The summed E-state index contributed by atoms with van der Waals surface area (Å²) in [5.74, 6) is 0. The van der Waals surface area contributed by atoms with Crippen molar-refractivity contribution in [1.29, 1.82) is 0 Å². The van der Waals surface area contributed by atoms with Crippen molar-refractivity contribution in [3.8, 4) is 16.8 Å². The van der Waals surface area contributed by atoms with Crippen molar-refractivity contribution in [3.05, 3.63) is 94.2 Å². The van der Waals surface area contributed by atoms with Gasteiger partial charge in [-0.05, 0) is 48.2 Å². The van der Waals surface area contributed by atoms with Gasteiger partial charge in [0.25, 0.3) is 0 Å². The molecule has 0 aliphatic heterocycles. The molecule has 8 nitrogen and oxygen atoms in total. The minimum absolute atomic E-state index is 0.159. The first kappa shape index (κ1) is 23.0. The third kappa shape index (κ3) is 4.76. The summed E-state index contributed by atoms with van der Waals surface area (Å²) >= 11 is 0. The normalized spacial score (nSPS) is 10.9. The van der Waals surface area contributed by atoms with Crippen LogP contribution in [0.25, 0.3) is 16.8 Å². The Labute approximate surface area is 197 Å². The molecule has 174 valence electrons. The van der Waals surface area contributed by atoms with Gasteiger partial charge in [-0.3, -0.25) is 14.4 Å². The van der Waals surface area contributed by atoms with E-state index in [1.165, 1.54) is 11.0 Å². The van der Waals surface area contributed by atoms with Gasteiger partial charge < -0.3 is 5.11 Å². The highest BCUT2D eigenvalue weighted by molar-refractivity contribution is 5.87. The van der Waals surface area contributed by atoms with E-state index in [2.05, 4.69) is 10.2 Å². The number of anilines is 1. The minimum Gasteiger partial charge on any atom is -0.465 e. The summed E-state index contributed by atoms with van der Waals surface area (Å²) in [6, 6.07) is 14.9. The van der Waals surface area contributed by atoms with Crippen LogP contribution in [0.2, 0.25) is 0 Å². The van der Waals surface area contributed by atoms with Crippen LogP contribution in [0.3, 0.4) is 0 Å². The standard InChI is InChI=1S/C26H27N5O3/c1-4-12-30(26(33)34)24-10-6-7-19(18(24)2)15-23-25(32)11-13-31(28-23)22-9-5-8-20(14-22)21-16-27-29(3)17-21/h5-11,13-14,16-17H,4,12,15H2,1-3H3,(H,33,34). The predicted molar refractivity (Wildman–Crippen MR) is 132 cm³/mol. The monoisotopic (exact) mass is 457 g/mol. The Morgan fingerprint density at radius 3 is 2.62 bits per heavy atom. The Morgan fingerprint density at radius 2 is 1.91 bits per heavy atom. The number of carboxylic acid groups (broad SMARTS) is 1. The average molecular weight is 458 g/mol. The van der Waals surface area contributed by atoms with E-state index in [1.54, 1.807) is 27.8 Å². The van der Waals surface area contributed by atoms with Crippen molar-refractivity contribution in [1.82, 2.24) is 19.6 Å². The van der Waals surface area contributed by atoms with Crippen molar-refractivity contribution in [2.75, 3.05) is 11.4 Å². The lowest BCUT2D eigenvalue weighted by Crippen LogP contribution is -2.30. The van der Waals surface area contributed by atoms with Crippen LogP contribution in [-0.4, -0.2) is 37.3 Å². The Balaban J connectivity index is 1.68. The van der Waals surface area contributed by atoms with Crippen molar-refractivity contribution in [2.45, 2.75) is 26.7 Å².